The van der Waals surface area contributed by atoms with Crippen LogP contribution in [0.25, 0.3) is 0 Å². The second-order valence-corrected chi connectivity index (χ2v) is 4.31. The molecule has 16 heavy (non-hydrogen) atoms. The van der Waals surface area contributed by atoms with Gasteiger partial charge < -0.3 is 5.32 Å². The highest BCUT2D eigenvalue weighted by Gasteiger charge is 2.17. The summed E-state index contributed by atoms with van der Waals surface area (Å²) in [5.74, 6) is 0.764. The second kappa shape index (κ2) is 7.39. The lowest BCUT2D eigenvalue weighted by molar-refractivity contribution is 0.336. The molecule has 1 rings (SSSR count). The highest BCUT2D eigenvalue weighted by atomic mass is 14.9. The highest BCUT2D eigenvalue weighted by molar-refractivity contribution is 5.10. The molecule has 0 saturated carbocycles. The van der Waals surface area contributed by atoms with Crippen molar-refractivity contribution in [3.63, 3.8) is 0 Å². The zero-order valence-corrected chi connectivity index (χ0v) is 10.7. The van der Waals surface area contributed by atoms with E-state index in [2.05, 4.69) is 37.1 Å². The largest absolute Gasteiger partial charge is 0.314 e. The monoisotopic (exact) mass is 220 g/mol. The Balaban J connectivity index is 2.63. The third-order valence-electron chi connectivity index (χ3n) is 3.26. The van der Waals surface area contributed by atoms with Crippen LogP contribution in [0.15, 0.2) is 24.5 Å². The van der Waals surface area contributed by atoms with Gasteiger partial charge in [0.05, 0.1) is 0 Å². The summed E-state index contributed by atoms with van der Waals surface area (Å²) in [5.41, 5.74) is 1.33. The van der Waals surface area contributed by atoms with E-state index in [4.69, 9.17) is 0 Å². The number of pyridine rings is 1. The molecule has 0 aromatic carbocycles. The molecule has 0 radical (unpaired) electrons. The fraction of sp³-hybridized carbons (Fsp3) is 0.643. The highest BCUT2D eigenvalue weighted by Crippen LogP contribution is 2.16. The third kappa shape index (κ3) is 3.93. The lowest BCUT2D eigenvalue weighted by Gasteiger charge is -2.26. The van der Waals surface area contributed by atoms with Crippen molar-refractivity contribution in [3.05, 3.63) is 30.1 Å². The summed E-state index contributed by atoms with van der Waals surface area (Å²) < 4.78 is 0. The molecule has 0 saturated heterocycles. The maximum absolute atomic E-state index is 4.18. The number of nitrogens with one attached hydrogen (secondary N) is 1. The molecule has 0 amide bonds. The van der Waals surface area contributed by atoms with E-state index in [1.807, 2.05) is 18.5 Å². The Kier molecular flexibility index (Phi) is 6.09. The van der Waals surface area contributed by atoms with Gasteiger partial charge in [0.1, 0.15) is 0 Å². The van der Waals surface area contributed by atoms with Crippen LogP contribution in [0.4, 0.5) is 0 Å². The summed E-state index contributed by atoms with van der Waals surface area (Å²) in [4.78, 5) is 4.18. The molecule has 0 aliphatic heterocycles. The molecule has 2 nitrogen and oxygen atoms in total. The van der Waals surface area contributed by atoms with E-state index in [9.17, 15) is 0 Å². The van der Waals surface area contributed by atoms with E-state index >= 15 is 0 Å². The number of hydrogen-bond acceptors (Lipinski definition) is 2. The molecule has 1 N–H and O–H groups in total. The smallest absolute Gasteiger partial charge is 0.0300 e. The number of aromatic nitrogens is 1. The van der Waals surface area contributed by atoms with Crippen LogP contribution in [0.3, 0.4) is 0 Å². The zero-order valence-electron chi connectivity index (χ0n) is 10.7. The van der Waals surface area contributed by atoms with Gasteiger partial charge in [-0.15, -0.1) is 0 Å². The standard InChI is InChI=1S/C14H24N2/c1-4-13(5-2)14(16-6-3)10-12-8-7-9-15-11-12/h7-9,11,13-14,16H,4-6,10H2,1-3H3. The molecule has 0 fully saturated rings. The van der Waals surface area contributed by atoms with Gasteiger partial charge in [-0.3, -0.25) is 4.98 Å². The van der Waals surface area contributed by atoms with Crippen molar-refractivity contribution in [2.75, 3.05) is 6.54 Å². The van der Waals surface area contributed by atoms with Gasteiger partial charge >= 0.3 is 0 Å². The van der Waals surface area contributed by atoms with Gasteiger partial charge in [-0.05, 0) is 30.5 Å². The van der Waals surface area contributed by atoms with E-state index in [0.29, 0.717) is 6.04 Å². The average molecular weight is 220 g/mol. The minimum absolute atomic E-state index is 0.587. The van der Waals surface area contributed by atoms with Crippen molar-refractivity contribution < 1.29 is 0 Å². The molecule has 1 aromatic rings. The Morgan fingerprint density at radius 2 is 2.00 bits per heavy atom. The molecule has 1 aromatic heterocycles. The second-order valence-electron chi connectivity index (χ2n) is 4.31. The van der Waals surface area contributed by atoms with E-state index in [0.717, 1.165) is 18.9 Å². The van der Waals surface area contributed by atoms with Crippen LogP contribution >= 0.6 is 0 Å². The van der Waals surface area contributed by atoms with Gasteiger partial charge in [0.15, 0.2) is 0 Å². The SMILES string of the molecule is CCNC(Cc1cccnc1)C(CC)CC. The normalized spacial score (nSPS) is 13.0. The van der Waals surface area contributed by atoms with Gasteiger partial charge in [0, 0.05) is 18.4 Å². The first-order chi connectivity index (χ1) is 7.81. The van der Waals surface area contributed by atoms with Gasteiger partial charge in [-0.25, -0.2) is 0 Å². The first kappa shape index (κ1) is 13.2. The maximum atomic E-state index is 4.18. The Bertz CT molecular complexity index is 267. The van der Waals surface area contributed by atoms with Crippen LogP contribution in [0.1, 0.15) is 39.2 Å². The molecular formula is C14H24N2. The Labute approximate surface area is 99.5 Å². The molecule has 0 spiro atoms. The van der Waals surface area contributed by atoms with Crippen LogP contribution in [-0.4, -0.2) is 17.6 Å². The molecule has 1 unspecified atom stereocenters. The maximum Gasteiger partial charge on any atom is 0.0300 e. The van der Waals surface area contributed by atoms with Crippen LogP contribution < -0.4 is 5.32 Å². The van der Waals surface area contributed by atoms with Crippen LogP contribution in [0, 0.1) is 5.92 Å². The van der Waals surface area contributed by atoms with E-state index in [1.54, 1.807) is 0 Å². The fourth-order valence-corrected chi connectivity index (χ4v) is 2.30. The van der Waals surface area contributed by atoms with E-state index < -0.39 is 0 Å². The lowest BCUT2D eigenvalue weighted by atomic mass is 9.90. The topological polar surface area (TPSA) is 24.9 Å². The van der Waals surface area contributed by atoms with Gasteiger partial charge in [-0.2, -0.15) is 0 Å². The number of likely N-dealkylation sites (N-methyl/N-ethyl adjacent to an activating group) is 1. The first-order valence-corrected chi connectivity index (χ1v) is 6.44. The van der Waals surface area contributed by atoms with Gasteiger partial charge in [-0.1, -0.05) is 39.7 Å². The lowest BCUT2D eigenvalue weighted by Crippen LogP contribution is -2.37. The Hall–Kier alpha value is -0.890. The van der Waals surface area contributed by atoms with Crippen molar-refractivity contribution in [3.8, 4) is 0 Å². The molecule has 1 heterocycles. The molecular weight excluding hydrogens is 196 g/mol. The van der Waals surface area contributed by atoms with Gasteiger partial charge in [0.2, 0.25) is 0 Å². The quantitative estimate of drug-likeness (QED) is 0.764. The molecule has 2 heteroatoms. The minimum atomic E-state index is 0.587. The molecule has 90 valence electrons. The fourth-order valence-electron chi connectivity index (χ4n) is 2.30. The van der Waals surface area contributed by atoms with E-state index in [1.165, 1.54) is 18.4 Å². The number of nitrogens with zero attached hydrogens (tertiary/aromatic N) is 1. The van der Waals surface area contributed by atoms with E-state index in [-0.39, 0.29) is 0 Å². The van der Waals surface area contributed by atoms with Crippen molar-refractivity contribution in [2.24, 2.45) is 5.92 Å². The van der Waals surface area contributed by atoms with Crippen molar-refractivity contribution in [1.29, 1.82) is 0 Å². The van der Waals surface area contributed by atoms with Crippen LogP contribution in [0.2, 0.25) is 0 Å². The number of rotatable bonds is 7. The van der Waals surface area contributed by atoms with Crippen LogP contribution in [-0.2, 0) is 6.42 Å². The zero-order chi connectivity index (χ0) is 11.8. The summed E-state index contributed by atoms with van der Waals surface area (Å²) in [6.45, 7) is 7.78. The summed E-state index contributed by atoms with van der Waals surface area (Å²) in [6.07, 6.45) is 7.40. The summed E-state index contributed by atoms with van der Waals surface area (Å²) in [6, 6.07) is 4.77. The van der Waals surface area contributed by atoms with Crippen molar-refractivity contribution >= 4 is 0 Å². The Morgan fingerprint density at radius 1 is 1.25 bits per heavy atom. The molecule has 1 atom stereocenters. The predicted molar refractivity (Wildman–Crippen MR) is 69.5 cm³/mol. The minimum Gasteiger partial charge on any atom is -0.314 e. The van der Waals surface area contributed by atoms with Crippen LogP contribution in [0.5, 0.6) is 0 Å². The van der Waals surface area contributed by atoms with Crippen molar-refractivity contribution in [1.82, 2.24) is 10.3 Å². The average Bonchev–Trinajstić information content (AvgIpc) is 2.32. The van der Waals surface area contributed by atoms with Gasteiger partial charge in [0.25, 0.3) is 0 Å². The number of hydrogen-bond donors (Lipinski definition) is 1. The Morgan fingerprint density at radius 3 is 2.50 bits per heavy atom. The molecule has 0 aliphatic rings. The molecule has 0 aliphatic carbocycles. The summed E-state index contributed by atoms with van der Waals surface area (Å²) in [5, 5.41) is 3.61. The third-order valence-corrected chi connectivity index (χ3v) is 3.26. The predicted octanol–water partition coefficient (Wildman–Crippen LogP) is 3.04. The molecule has 0 bridgehead atoms. The van der Waals surface area contributed by atoms with Crippen molar-refractivity contribution in [2.45, 2.75) is 46.1 Å². The first-order valence-electron chi connectivity index (χ1n) is 6.44. The summed E-state index contributed by atoms with van der Waals surface area (Å²) in [7, 11) is 0. The summed E-state index contributed by atoms with van der Waals surface area (Å²) >= 11 is 0.